The number of aromatic nitrogens is 2. The third-order valence-electron chi connectivity index (χ3n) is 4.60. The Morgan fingerprint density at radius 2 is 2.00 bits per heavy atom. The van der Waals surface area contributed by atoms with Gasteiger partial charge >= 0.3 is 0 Å². The zero-order valence-corrected chi connectivity index (χ0v) is 14.3. The number of fused-ring (bicyclic) bond motifs is 2. The molecule has 2 heterocycles. The van der Waals surface area contributed by atoms with Gasteiger partial charge in [0.1, 0.15) is 5.75 Å². The molecule has 0 amide bonds. The summed E-state index contributed by atoms with van der Waals surface area (Å²) in [7, 11) is 1.70. The second-order valence-corrected chi connectivity index (χ2v) is 6.79. The highest BCUT2D eigenvalue weighted by Crippen LogP contribution is 2.33. The number of H-pyrrole nitrogens is 1. The van der Waals surface area contributed by atoms with Gasteiger partial charge in [0.25, 0.3) is 0 Å². The van der Waals surface area contributed by atoms with E-state index in [0.717, 1.165) is 28.0 Å². The lowest BCUT2D eigenvalue weighted by molar-refractivity contribution is 0.415. The fourth-order valence-corrected chi connectivity index (χ4v) is 4.06. The van der Waals surface area contributed by atoms with Crippen molar-refractivity contribution < 1.29 is 4.74 Å². The summed E-state index contributed by atoms with van der Waals surface area (Å²) in [5.41, 5.74) is 6.18. The molecule has 0 saturated carbocycles. The van der Waals surface area contributed by atoms with Crippen LogP contribution in [0.25, 0.3) is 22.3 Å². The van der Waals surface area contributed by atoms with Crippen molar-refractivity contribution >= 4 is 22.7 Å². The Labute approximate surface area is 140 Å². The molecule has 1 N–H and O–H groups in total. The Bertz CT molecular complexity index is 852. The first-order valence-corrected chi connectivity index (χ1v) is 9.25. The molecular formula is C19H20N2OS. The lowest BCUT2D eigenvalue weighted by atomic mass is 9.92. The fourth-order valence-electron chi connectivity index (χ4n) is 3.39. The molecule has 3 nitrogen and oxygen atoms in total. The maximum atomic E-state index is 5.32. The summed E-state index contributed by atoms with van der Waals surface area (Å²) >= 11 is 1.76. The highest BCUT2D eigenvalue weighted by molar-refractivity contribution is 7.98. The Hall–Kier alpha value is -1.94. The van der Waals surface area contributed by atoms with Crippen LogP contribution in [-0.2, 0) is 12.8 Å². The highest BCUT2D eigenvalue weighted by Gasteiger charge is 2.17. The van der Waals surface area contributed by atoms with Gasteiger partial charge in [0.15, 0.2) is 0 Å². The second-order valence-electron chi connectivity index (χ2n) is 6.00. The van der Waals surface area contributed by atoms with Gasteiger partial charge in [0.2, 0.25) is 0 Å². The summed E-state index contributed by atoms with van der Waals surface area (Å²) in [4.78, 5) is 8.41. The largest absolute Gasteiger partial charge is 0.497 e. The average Bonchev–Trinajstić information content (AvgIpc) is 3.03. The van der Waals surface area contributed by atoms with Gasteiger partial charge in [-0.3, -0.25) is 0 Å². The molecule has 1 aliphatic carbocycles. The van der Waals surface area contributed by atoms with Gasteiger partial charge < -0.3 is 9.72 Å². The van der Waals surface area contributed by atoms with Crippen molar-refractivity contribution in [2.24, 2.45) is 0 Å². The van der Waals surface area contributed by atoms with Gasteiger partial charge in [-0.15, -0.1) is 11.8 Å². The Morgan fingerprint density at radius 1 is 1.13 bits per heavy atom. The normalized spacial score (nSPS) is 14.0. The molecular weight excluding hydrogens is 304 g/mol. The Kier molecular flexibility index (Phi) is 3.77. The van der Waals surface area contributed by atoms with Gasteiger partial charge in [-0.25, -0.2) is 4.98 Å². The van der Waals surface area contributed by atoms with Crippen LogP contribution in [0.2, 0.25) is 0 Å². The second kappa shape index (κ2) is 5.93. The topological polar surface area (TPSA) is 37.9 Å². The van der Waals surface area contributed by atoms with Crippen molar-refractivity contribution in [1.29, 1.82) is 0 Å². The number of nitrogens with zero attached hydrogens (tertiary/aromatic N) is 1. The van der Waals surface area contributed by atoms with E-state index in [2.05, 4.69) is 35.5 Å². The van der Waals surface area contributed by atoms with Crippen molar-refractivity contribution in [1.82, 2.24) is 9.97 Å². The summed E-state index contributed by atoms with van der Waals surface area (Å²) in [5.74, 6) is 0.881. The van der Waals surface area contributed by atoms with Crippen molar-refractivity contribution in [2.45, 2.75) is 30.7 Å². The van der Waals surface area contributed by atoms with Crippen LogP contribution in [-0.4, -0.2) is 23.3 Å². The number of methoxy groups -OCH3 is 1. The summed E-state index contributed by atoms with van der Waals surface area (Å²) < 4.78 is 5.32. The lowest BCUT2D eigenvalue weighted by Gasteiger charge is -2.19. The maximum Gasteiger partial charge on any atom is 0.119 e. The van der Waals surface area contributed by atoms with Crippen LogP contribution < -0.4 is 4.74 Å². The quantitative estimate of drug-likeness (QED) is 0.701. The van der Waals surface area contributed by atoms with Crippen LogP contribution in [0, 0.1) is 0 Å². The van der Waals surface area contributed by atoms with Crippen LogP contribution in [0.1, 0.15) is 24.0 Å². The SMILES string of the molecule is COc1ccc2[nH]c(-c3cc4c(c(SC)n3)CCCC4)cc2c1. The molecule has 1 aromatic carbocycles. The fraction of sp³-hybridized carbons (Fsp3) is 0.316. The molecule has 2 aromatic heterocycles. The maximum absolute atomic E-state index is 5.32. The minimum Gasteiger partial charge on any atom is -0.497 e. The molecule has 3 aromatic rings. The van der Waals surface area contributed by atoms with Gasteiger partial charge in [-0.1, -0.05) is 0 Å². The summed E-state index contributed by atoms with van der Waals surface area (Å²) in [6, 6.07) is 10.5. The van der Waals surface area contributed by atoms with Crippen molar-refractivity contribution in [2.75, 3.05) is 13.4 Å². The molecule has 0 spiro atoms. The van der Waals surface area contributed by atoms with Crippen LogP contribution in [0.5, 0.6) is 5.75 Å². The van der Waals surface area contributed by atoms with E-state index in [1.54, 1.807) is 18.9 Å². The van der Waals surface area contributed by atoms with E-state index in [1.165, 1.54) is 41.8 Å². The lowest BCUT2D eigenvalue weighted by Crippen LogP contribution is -2.06. The first kappa shape index (κ1) is 14.6. The van der Waals surface area contributed by atoms with E-state index < -0.39 is 0 Å². The number of nitrogens with one attached hydrogen (secondary N) is 1. The first-order valence-electron chi connectivity index (χ1n) is 8.02. The standard InChI is InChI=1S/C19H20N2OS/c1-22-14-7-8-16-13(9-14)11-17(20-16)18-10-12-5-3-4-6-15(12)19(21-18)23-2/h7-11,20H,3-6H2,1-2H3. The predicted molar refractivity (Wildman–Crippen MR) is 96.5 cm³/mol. The Morgan fingerprint density at radius 3 is 2.83 bits per heavy atom. The number of aryl methyl sites for hydroxylation is 1. The van der Waals surface area contributed by atoms with E-state index >= 15 is 0 Å². The molecule has 0 aliphatic heterocycles. The first-order chi connectivity index (χ1) is 11.3. The molecule has 0 fully saturated rings. The summed E-state index contributed by atoms with van der Waals surface area (Å²) in [5, 5.41) is 2.35. The molecule has 1 aliphatic rings. The molecule has 4 heteroatoms. The minimum absolute atomic E-state index is 0.881. The molecule has 0 saturated heterocycles. The molecule has 23 heavy (non-hydrogen) atoms. The van der Waals surface area contributed by atoms with Gasteiger partial charge in [-0.2, -0.15) is 0 Å². The predicted octanol–water partition coefficient (Wildman–Crippen LogP) is 4.84. The zero-order valence-electron chi connectivity index (χ0n) is 13.5. The minimum atomic E-state index is 0.881. The third-order valence-corrected chi connectivity index (χ3v) is 5.32. The van der Waals surface area contributed by atoms with Gasteiger partial charge in [-0.05, 0) is 73.4 Å². The number of benzene rings is 1. The highest BCUT2D eigenvalue weighted by atomic mass is 32.2. The van der Waals surface area contributed by atoms with E-state index in [9.17, 15) is 0 Å². The molecule has 0 atom stereocenters. The van der Waals surface area contributed by atoms with Crippen LogP contribution >= 0.6 is 11.8 Å². The number of hydrogen-bond donors (Lipinski definition) is 1. The monoisotopic (exact) mass is 324 g/mol. The average molecular weight is 324 g/mol. The Balaban J connectivity index is 1.83. The smallest absolute Gasteiger partial charge is 0.119 e. The molecule has 0 radical (unpaired) electrons. The number of hydrogen-bond acceptors (Lipinski definition) is 3. The molecule has 0 unspecified atom stereocenters. The molecule has 118 valence electrons. The zero-order chi connectivity index (χ0) is 15.8. The number of aromatic amines is 1. The van der Waals surface area contributed by atoms with E-state index in [1.807, 2.05) is 6.07 Å². The number of rotatable bonds is 3. The van der Waals surface area contributed by atoms with Gasteiger partial charge in [0.05, 0.1) is 23.5 Å². The number of pyridine rings is 1. The van der Waals surface area contributed by atoms with Crippen molar-refractivity contribution in [3.63, 3.8) is 0 Å². The van der Waals surface area contributed by atoms with Crippen molar-refractivity contribution in [3.05, 3.63) is 41.5 Å². The summed E-state index contributed by atoms with van der Waals surface area (Å²) in [6.45, 7) is 0. The van der Waals surface area contributed by atoms with Crippen LogP contribution in [0.4, 0.5) is 0 Å². The molecule has 0 bridgehead atoms. The van der Waals surface area contributed by atoms with E-state index in [4.69, 9.17) is 9.72 Å². The number of ether oxygens (including phenoxy) is 1. The molecule has 4 rings (SSSR count). The van der Waals surface area contributed by atoms with Crippen LogP contribution in [0.3, 0.4) is 0 Å². The number of thioether (sulfide) groups is 1. The van der Waals surface area contributed by atoms with E-state index in [0.29, 0.717) is 0 Å². The van der Waals surface area contributed by atoms with Crippen molar-refractivity contribution in [3.8, 4) is 17.1 Å². The summed E-state index contributed by atoms with van der Waals surface area (Å²) in [6.07, 6.45) is 7.04. The third kappa shape index (κ3) is 2.61. The van der Waals surface area contributed by atoms with Crippen LogP contribution in [0.15, 0.2) is 35.4 Å². The van der Waals surface area contributed by atoms with E-state index in [-0.39, 0.29) is 0 Å². The van der Waals surface area contributed by atoms with Gasteiger partial charge in [0, 0.05) is 10.9 Å².